The van der Waals surface area contributed by atoms with Crippen LogP contribution in [0.4, 0.5) is 5.82 Å². The van der Waals surface area contributed by atoms with Gasteiger partial charge in [-0.25, -0.2) is 4.98 Å². The highest BCUT2D eigenvalue weighted by atomic mass is 16.1. The molecule has 1 fully saturated rings. The van der Waals surface area contributed by atoms with Crippen molar-refractivity contribution in [3.63, 3.8) is 0 Å². The Morgan fingerprint density at radius 2 is 2.43 bits per heavy atom. The second kappa shape index (κ2) is 3.46. The van der Waals surface area contributed by atoms with Gasteiger partial charge in [0, 0.05) is 19.2 Å². The lowest BCUT2D eigenvalue weighted by Gasteiger charge is -2.14. The largest absolute Gasteiger partial charge is 0.349 e. The maximum atomic E-state index is 11.0. The van der Waals surface area contributed by atoms with E-state index in [-0.39, 0.29) is 5.78 Å². The molecule has 0 atom stereocenters. The molecule has 1 aromatic rings. The van der Waals surface area contributed by atoms with E-state index in [1.54, 1.807) is 18.3 Å². The molecule has 0 unspecified atom stereocenters. The molecule has 2 rings (SSSR count). The minimum Gasteiger partial charge on any atom is -0.349 e. The Hall–Kier alpha value is -1.89. The van der Waals surface area contributed by atoms with Crippen molar-refractivity contribution in [2.75, 3.05) is 18.0 Å². The van der Waals surface area contributed by atoms with Gasteiger partial charge in [-0.05, 0) is 12.1 Å². The van der Waals surface area contributed by atoms with Crippen molar-refractivity contribution >= 4 is 11.6 Å². The number of carbonyl (C=O) groups excluding carboxylic acids is 1. The van der Waals surface area contributed by atoms with Crippen molar-refractivity contribution in [1.29, 1.82) is 5.26 Å². The molecule has 2 heterocycles. The van der Waals surface area contributed by atoms with Crippen LogP contribution in [0.3, 0.4) is 0 Å². The molecule has 0 spiro atoms. The van der Waals surface area contributed by atoms with Crippen molar-refractivity contribution < 1.29 is 4.79 Å². The molecule has 0 N–H and O–H groups in total. The molecule has 1 aliphatic rings. The SMILES string of the molecule is N#Cc1ccnc(N2CCC(=O)C2)c1. The van der Waals surface area contributed by atoms with Crippen LogP contribution in [0, 0.1) is 11.3 Å². The maximum absolute atomic E-state index is 11.0. The van der Waals surface area contributed by atoms with Gasteiger partial charge < -0.3 is 4.90 Å². The van der Waals surface area contributed by atoms with Crippen molar-refractivity contribution in [2.24, 2.45) is 0 Å². The summed E-state index contributed by atoms with van der Waals surface area (Å²) in [5.74, 6) is 0.948. The van der Waals surface area contributed by atoms with Gasteiger partial charge in [-0.3, -0.25) is 4.79 Å². The summed E-state index contributed by atoms with van der Waals surface area (Å²) in [6.45, 7) is 1.13. The van der Waals surface area contributed by atoms with Crippen molar-refractivity contribution in [3.05, 3.63) is 23.9 Å². The lowest BCUT2D eigenvalue weighted by molar-refractivity contribution is -0.116. The van der Waals surface area contributed by atoms with Crippen LogP contribution < -0.4 is 4.90 Å². The number of ketones is 1. The number of anilines is 1. The molecule has 0 bridgehead atoms. The third-order valence-electron chi connectivity index (χ3n) is 2.23. The first kappa shape index (κ1) is 8.70. The van der Waals surface area contributed by atoms with E-state index in [0.717, 1.165) is 5.82 Å². The average molecular weight is 187 g/mol. The maximum Gasteiger partial charge on any atom is 0.153 e. The van der Waals surface area contributed by atoms with Gasteiger partial charge in [0.25, 0.3) is 0 Å². The predicted octanol–water partition coefficient (Wildman–Crippen LogP) is 0.732. The summed E-state index contributed by atoms with van der Waals surface area (Å²) in [7, 11) is 0. The van der Waals surface area contributed by atoms with Crippen molar-refractivity contribution in [1.82, 2.24) is 4.98 Å². The summed E-state index contributed by atoms with van der Waals surface area (Å²) in [6, 6.07) is 5.41. The predicted molar refractivity (Wildman–Crippen MR) is 50.8 cm³/mol. The van der Waals surface area contributed by atoms with E-state index < -0.39 is 0 Å². The zero-order chi connectivity index (χ0) is 9.97. The fourth-order valence-corrected chi connectivity index (χ4v) is 1.49. The van der Waals surface area contributed by atoms with E-state index in [2.05, 4.69) is 11.1 Å². The Bertz CT molecular complexity index is 408. The molecule has 0 saturated carbocycles. The standard InChI is InChI=1S/C10H9N3O/c11-6-8-1-3-12-10(5-8)13-4-2-9(14)7-13/h1,3,5H,2,4,7H2. The summed E-state index contributed by atoms with van der Waals surface area (Å²) in [4.78, 5) is 17.1. The zero-order valence-electron chi connectivity index (χ0n) is 7.60. The van der Waals surface area contributed by atoms with Gasteiger partial charge in [0.05, 0.1) is 18.2 Å². The number of pyridine rings is 1. The Labute approximate surface area is 81.8 Å². The number of rotatable bonds is 1. The molecule has 0 aliphatic carbocycles. The van der Waals surface area contributed by atoms with Gasteiger partial charge in [-0.15, -0.1) is 0 Å². The number of hydrogen-bond donors (Lipinski definition) is 0. The average Bonchev–Trinajstić information content (AvgIpc) is 2.65. The van der Waals surface area contributed by atoms with Crippen LogP contribution in [0.2, 0.25) is 0 Å². The number of aromatic nitrogens is 1. The Morgan fingerprint density at radius 3 is 3.07 bits per heavy atom. The van der Waals surface area contributed by atoms with Gasteiger partial charge in [-0.2, -0.15) is 5.26 Å². The summed E-state index contributed by atoms with van der Waals surface area (Å²) in [5, 5.41) is 8.69. The van der Waals surface area contributed by atoms with Crippen LogP contribution in [0.25, 0.3) is 0 Å². The Morgan fingerprint density at radius 1 is 1.57 bits per heavy atom. The lowest BCUT2D eigenvalue weighted by atomic mass is 10.3. The van der Waals surface area contributed by atoms with E-state index in [9.17, 15) is 4.79 Å². The van der Waals surface area contributed by atoms with Crippen LogP contribution in [0.15, 0.2) is 18.3 Å². The molecule has 14 heavy (non-hydrogen) atoms. The summed E-state index contributed by atoms with van der Waals surface area (Å²) < 4.78 is 0. The van der Waals surface area contributed by atoms with Gasteiger partial charge in [0.2, 0.25) is 0 Å². The zero-order valence-corrected chi connectivity index (χ0v) is 7.60. The van der Waals surface area contributed by atoms with Crippen molar-refractivity contribution in [3.8, 4) is 6.07 Å². The molecule has 0 aromatic carbocycles. The molecule has 70 valence electrons. The van der Waals surface area contributed by atoms with Gasteiger partial charge in [-0.1, -0.05) is 0 Å². The van der Waals surface area contributed by atoms with E-state index in [1.165, 1.54) is 0 Å². The third-order valence-corrected chi connectivity index (χ3v) is 2.23. The smallest absolute Gasteiger partial charge is 0.153 e. The first-order valence-electron chi connectivity index (χ1n) is 4.42. The fourth-order valence-electron chi connectivity index (χ4n) is 1.49. The number of nitrogens with zero attached hydrogens (tertiary/aromatic N) is 3. The van der Waals surface area contributed by atoms with Gasteiger partial charge in [0.15, 0.2) is 5.78 Å². The molecule has 0 radical (unpaired) electrons. The molecule has 1 aliphatic heterocycles. The highest BCUT2D eigenvalue weighted by molar-refractivity contribution is 5.86. The summed E-state index contributed by atoms with van der Waals surface area (Å²) in [5.41, 5.74) is 0.578. The second-order valence-electron chi connectivity index (χ2n) is 3.22. The number of nitriles is 1. The number of hydrogen-bond acceptors (Lipinski definition) is 4. The minimum atomic E-state index is 0.231. The van der Waals surface area contributed by atoms with Crippen LogP contribution in [-0.4, -0.2) is 23.9 Å². The van der Waals surface area contributed by atoms with Gasteiger partial charge in [0.1, 0.15) is 5.82 Å². The quantitative estimate of drug-likeness (QED) is 0.650. The van der Waals surface area contributed by atoms with E-state index >= 15 is 0 Å². The van der Waals surface area contributed by atoms with Crippen LogP contribution in [-0.2, 0) is 4.79 Å². The molecular weight excluding hydrogens is 178 g/mol. The molecule has 4 heteroatoms. The highest BCUT2D eigenvalue weighted by Crippen LogP contribution is 2.16. The monoisotopic (exact) mass is 187 g/mol. The normalized spacial score (nSPS) is 15.6. The second-order valence-corrected chi connectivity index (χ2v) is 3.22. The first-order chi connectivity index (χ1) is 6.79. The van der Waals surface area contributed by atoms with E-state index in [4.69, 9.17) is 5.26 Å². The number of carbonyl (C=O) groups is 1. The molecule has 0 amide bonds. The molecular formula is C10H9N3O. The molecule has 4 nitrogen and oxygen atoms in total. The Kier molecular flexibility index (Phi) is 2.15. The minimum absolute atomic E-state index is 0.231. The highest BCUT2D eigenvalue weighted by Gasteiger charge is 2.20. The van der Waals surface area contributed by atoms with Crippen LogP contribution in [0.5, 0.6) is 0 Å². The van der Waals surface area contributed by atoms with E-state index in [0.29, 0.717) is 25.1 Å². The summed E-state index contributed by atoms with van der Waals surface area (Å²) in [6.07, 6.45) is 2.18. The molecule has 1 saturated heterocycles. The first-order valence-corrected chi connectivity index (χ1v) is 4.42. The number of Topliss-reactive ketones (excluding diaryl/α,β-unsaturated/α-hetero) is 1. The topological polar surface area (TPSA) is 57.0 Å². The van der Waals surface area contributed by atoms with Crippen molar-refractivity contribution in [2.45, 2.75) is 6.42 Å². The van der Waals surface area contributed by atoms with Crippen LogP contribution in [0.1, 0.15) is 12.0 Å². The van der Waals surface area contributed by atoms with Crippen LogP contribution >= 0.6 is 0 Å². The Balaban J connectivity index is 2.24. The van der Waals surface area contributed by atoms with Gasteiger partial charge >= 0.3 is 0 Å². The third kappa shape index (κ3) is 1.57. The van der Waals surface area contributed by atoms with E-state index in [1.807, 2.05) is 4.90 Å². The summed E-state index contributed by atoms with van der Waals surface area (Å²) >= 11 is 0. The lowest BCUT2D eigenvalue weighted by Crippen LogP contribution is -2.20. The fraction of sp³-hybridized carbons (Fsp3) is 0.300. The molecule has 1 aromatic heterocycles.